The van der Waals surface area contributed by atoms with Crippen LogP contribution in [-0.2, 0) is 4.74 Å². The van der Waals surface area contributed by atoms with Gasteiger partial charge in [-0.15, -0.1) is 0 Å². The second kappa shape index (κ2) is 8.27. The Morgan fingerprint density at radius 1 is 1.36 bits per heavy atom. The van der Waals surface area contributed by atoms with Crippen molar-refractivity contribution in [1.29, 1.82) is 0 Å². The molecule has 1 unspecified atom stereocenters. The zero-order valence-electron chi connectivity index (χ0n) is 14.7. The van der Waals surface area contributed by atoms with E-state index in [0.29, 0.717) is 26.9 Å². The van der Waals surface area contributed by atoms with Gasteiger partial charge in [-0.3, -0.25) is 4.79 Å². The second-order valence-corrected chi connectivity index (χ2v) is 7.22. The molecule has 0 aliphatic heterocycles. The number of hydrogen-bond acceptors (Lipinski definition) is 5. The van der Waals surface area contributed by atoms with Crippen LogP contribution in [0.1, 0.15) is 37.2 Å². The van der Waals surface area contributed by atoms with Crippen molar-refractivity contribution >= 4 is 45.4 Å². The number of thiol groups is 1. The lowest BCUT2D eigenvalue weighted by molar-refractivity contribution is 0.0524. The number of nitrogens with zero attached hydrogens (tertiary/aromatic N) is 1. The summed E-state index contributed by atoms with van der Waals surface area (Å²) in [6, 6.07) is 3.49. The van der Waals surface area contributed by atoms with E-state index in [1.165, 1.54) is 0 Å². The number of benzene rings is 1. The van der Waals surface area contributed by atoms with Crippen molar-refractivity contribution in [2.45, 2.75) is 26.8 Å². The number of fused-ring (bicyclic) bond motifs is 1. The number of hydrogen-bond donors (Lipinski definition) is 1. The summed E-state index contributed by atoms with van der Waals surface area (Å²) in [5, 5.41) is 0.436. The Hall–Kier alpha value is -1.47. The molecule has 0 radical (unpaired) electrons. The fraction of sp³-hybridized carbons (Fsp3) is 0.444. The SMILES string of the molecule is CCOC(=O)c1cn(C(CS)C(C)C)c2cc(OC)c(Br)cc2c1=O. The van der Waals surface area contributed by atoms with Gasteiger partial charge in [-0.05, 0) is 34.8 Å². The third-order valence-corrected chi connectivity index (χ3v) is 5.11. The zero-order valence-corrected chi connectivity index (χ0v) is 17.2. The summed E-state index contributed by atoms with van der Waals surface area (Å²) in [4.78, 5) is 25.1. The first-order chi connectivity index (χ1) is 11.8. The summed E-state index contributed by atoms with van der Waals surface area (Å²) in [5.41, 5.74) is 0.374. The minimum absolute atomic E-state index is 0.00508. The molecule has 136 valence electrons. The Balaban J connectivity index is 2.89. The number of carbonyl (C=O) groups excluding carboxylic acids is 1. The topological polar surface area (TPSA) is 57.5 Å². The second-order valence-electron chi connectivity index (χ2n) is 6.00. The highest BCUT2D eigenvalue weighted by Gasteiger charge is 2.22. The average Bonchev–Trinajstić information content (AvgIpc) is 2.57. The van der Waals surface area contributed by atoms with Gasteiger partial charge in [0.25, 0.3) is 0 Å². The van der Waals surface area contributed by atoms with Crippen LogP contribution in [0.3, 0.4) is 0 Å². The third-order valence-electron chi connectivity index (χ3n) is 4.11. The molecule has 25 heavy (non-hydrogen) atoms. The van der Waals surface area contributed by atoms with Crippen molar-refractivity contribution in [3.05, 3.63) is 38.6 Å². The summed E-state index contributed by atoms with van der Waals surface area (Å²) in [5.74, 6) is 0.826. The highest BCUT2D eigenvalue weighted by molar-refractivity contribution is 9.10. The number of carbonyl (C=O) groups is 1. The predicted octanol–water partition coefficient (Wildman–Crippen LogP) is 4.08. The van der Waals surface area contributed by atoms with Crippen LogP contribution in [-0.4, -0.2) is 30.0 Å². The Labute approximate surface area is 160 Å². The molecule has 1 heterocycles. The van der Waals surface area contributed by atoms with Gasteiger partial charge in [0.05, 0.1) is 23.7 Å². The van der Waals surface area contributed by atoms with Crippen molar-refractivity contribution in [3.8, 4) is 5.75 Å². The Bertz CT molecular complexity index is 847. The highest BCUT2D eigenvalue weighted by Crippen LogP contribution is 2.32. The average molecular weight is 428 g/mol. The van der Waals surface area contributed by atoms with Gasteiger partial charge in [0.15, 0.2) is 0 Å². The van der Waals surface area contributed by atoms with Crippen LogP contribution in [0, 0.1) is 5.92 Å². The fourth-order valence-corrected chi connectivity index (χ4v) is 3.86. The molecule has 0 spiro atoms. The maximum Gasteiger partial charge on any atom is 0.343 e. The molecule has 0 N–H and O–H groups in total. The molecule has 2 rings (SSSR count). The van der Waals surface area contributed by atoms with Gasteiger partial charge in [-0.2, -0.15) is 12.6 Å². The van der Waals surface area contributed by atoms with Gasteiger partial charge in [0.2, 0.25) is 5.43 Å². The number of esters is 1. The molecule has 5 nitrogen and oxygen atoms in total. The van der Waals surface area contributed by atoms with E-state index >= 15 is 0 Å². The largest absolute Gasteiger partial charge is 0.495 e. The maximum atomic E-state index is 12.8. The van der Waals surface area contributed by atoms with Crippen LogP contribution in [0.4, 0.5) is 0 Å². The highest BCUT2D eigenvalue weighted by atomic mass is 79.9. The number of methoxy groups -OCH3 is 1. The smallest absolute Gasteiger partial charge is 0.343 e. The van der Waals surface area contributed by atoms with E-state index in [4.69, 9.17) is 9.47 Å². The van der Waals surface area contributed by atoms with Gasteiger partial charge in [0, 0.05) is 29.4 Å². The molecule has 0 aliphatic rings. The lowest BCUT2D eigenvalue weighted by atomic mass is 10.0. The lowest BCUT2D eigenvalue weighted by Crippen LogP contribution is -2.25. The Kier molecular flexibility index (Phi) is 6.57. The van der Waals surface area contributed by atoms with Crippen molar-refractivity contribution in [1.82, 2.24) is 4.57 Å². The minimum atomic E-state index is -0.614. The number of halogens is 1. The summed E-state index contributed by atoms with van der Waals surface area (Å²) in [6.07, 6.45) is 1.58. The molecule has 1 aromatic carbocycles. The summed E-state index contributed by atoms with van der Waals surface area (Å²) >= 11 is 7.87. The van der Waals surface area contributed by atoms with Crippen LogP contribution in [0.5, 0.6) is 5.75 Å². The minimum Gasteiger partial charge on any atom is -0.495 e. The molecule has 0 saturated heterocycles. The maximum absolute atomic E-state index is 12.8. The Morgan fingerprint density at radius 3 is 2.56 bits per heavy atom. The first kappa shape index (κ1) is 19.8. The number of pyridine rings is 1. The van der Waals surface area contributed by atoms with Crippen LogP contribution in [0.25, 0.3) is 10.9 Å². The predicted molar refractivity (Wildman–Crippen MR) is 106 cm³/mol. The number of ether oxygens (including phenoxy) is 2. The van der Waals surface area contributed by atoms with Gasteiger partial charge < -0.3 is 14.0 Å². The monoisotopic (exact) mass is 427 g/mol. The molecule has 2 aromatic rings. The van der Waals surface area contributed by atoms with E-state index in [0.717, 1.165) is 0 Å². The third kappa shape index (κ3) is 3.87. The lowest BCUT2D eigenvalue weighted by Gasteiger charge is -2.25. The summed E-state index contributed by atoms with van der Waals surface area (Å²) in [6.45, 7) is 6.07. The van der Waals surface area contributed by atoms with E-state index in [9.17, 15) is 9.59 Å². The van der Waals surface area contributed by atoms with Gasteiger partial charge in [0.1, 0.15) is 11.3 Å². The van der Waals surface area contributed by atoms with Gasteiger partial charge in [-0.1, -0.05) is 13.8 Å². The van der Waals surface area contributed by atoms with Gasteiger partial charge in [-0.25, -0.2) is 4.79 Å². The first-order valence-corrected chi connectivity index (χ1v) is 9.48. The quantitative estimate of drug-likeness (QED) is 0.557. The molecule has 1 aromatic heterocycles. The summed E-state index contributed by atoms with van der Waals surface area (Å²) in [7, 11) is 1.57. The van der Waals surface area contributed by atoms with Crippen LogP contribution < -0.4 is 10.2 Å². The molecule has 0 fully saturated rings. The van der Waals surface area contributed by atoms with E-state index in [2.05, 4.69) is 42.4 Å². The molecule has 0 bridgehead atoms. The van der Waals surface area contributed by atoms with E-state index in [1.807, 2.05) is 4.57 Å². The molecule has 0 aliphatic carbocycles. The standard InChI is InChI=1S/C18H22BrNO4S/c1-5-24-18(22)12-8-20(15(9-25)10(2)3)14-7-16(23-4)13(19)6-11(14)17(12)21/h6-8,10,15,25H,5,9H2,1-4H3. The van der Waals surface area contributed by atoms with Crippen molar-refractivity contribution in [3.63, 3.8) is 0 Å². The van der Waals surface area contributed by atoms with E-state index in [1.54, 1.807) is 32.4 Å². The molecular weight excluding hydrogens is 406 g/mol. The normalized spacial score (nSPS) is 12.4. The fourth-order valence-electron chi connectivity index (χ4n) is 2.76. The summed E-state index contributed by atoms with van der Waals surface area (Å²) < 4.78 is 13.0. The Morgan fingerprint density at radius 2 is 2.04 bits per heavy atom. The van der Waals surface area contributed by atoms with E-state index in [-0.39, 0.29) is 29.6 Å². The van der Waals surface area contributed by atoms with Crippen LogP contribution in [0.2, 0.25) is 0 Å². The van der Waals surface area contributed by atoms with Crippen molar-refractivity contribution in [2.24, 2.45) is 5.92 Å². The molecule has 0 amide bonds. The van der Waals surface area contributed by atoms with Crippen LogP contribution >= 0.6 is 28.6 Å². The van der Waals surface area contributed by atoms with Crippen molar-refractivity contribution < 1.29 is 14.3 Å². The van der Waals surface area contributed by atoms with E-state index < -0.39 is 5.97 Å². The number of rotatable bonds is 6. The first-order valence-electron chi connectivity index (χ1n) is 8.06. The van der Waals surface area contributed by atoms with Crippen molar-refractivity contribution in [2.75, 3.05) is 19.5 Å². The van der Waals surface area contributed by atoms with Crippen LogP contribution in [0.15, 0.2) is 27.6 Å². The zero-order chi connectivity index (χ0) is 18.7. The molecule has 0 saturated carbocycles. The van der Waals surface area contributed by atoms with Gasteiger partial charge >= 0.3 is 5.97 Å². The molecular formula is C18H22BrNO4S. The number of aromatic nitrogens is 1. The molecule has 7 heteroatoms. The molecule has 1 atom stereocenters.